The van der Waals surface area contributed by atoms with Crippen LogP contribution in [0.1, 0.15) is 40.7 Å². The Bertz CT molecular complexity index is 1140. The predicted molar refractivity (Wildman–Crippen MR) is 119 cm³/mol. The van der Waals surface area contributed by atoms with E-state index in [1.807, 2.05) is 49.4 Å². The van der Waals surface area contributed by atoms with Crippen LogP contribution in [0.5, 0.6) is 0 Å². The number of thioether (sulfide) groups is 1. The highest BCUT2D eigenvalue weighted by molar-refractivity contribution is 8.16. The zero-order valence-electron chi connectivity index (χ0n) is 17.3. The topological polar surface area (TPSA) is 89.3 Å². The number of carbonyl (C=O) groups is 3. The molecule has 4 rings (SSSR count). The van der Waals surface area contributed by atoms with Crippen LogP contribution in [-0.2, 0) is 17.6 Å². The Morgan fingerprint density at radius 2 is 1.81 bits per heavy atom. The van der Waals surface area contributed by atoms with Crippen molar-refractivity contribution < 1.29 is 18.8 Å². The molecule has 1 N–H and O–H groups in total. The first-order valence-corrected chi connectivity index (χ1v) is 10.8. The lowest BCUT2D eigenvalue weighted by atomic mass is 9.97. The molecule has 1 aliphatic rings. The molecule has 7 heteroatoms. The third-order valence-corrected chi connectivity index (χ3v) is 6.40. The van der Waals surface area contributed by atoms with Crippen molar-refractivity contribution in [3.8, 4) is 11.5 Å². The molecule has 2 heterocycles. The number of hydrogen-bond donors (Lipinski definition) is 1. The standard InChI is InChI=1S/C24H22N2O4S/c1-15-19(25-21(30-15)18-6-4-3-5-7-18)12-13-20(27)17-10-8-16(9-11-17)14-24(2)22(28)26-23(29)31-24/h3-11H,12-14H2,1-2H3,(H,26,28,29)/t24-/m0/s1. The van der Waals surface area contributed by atoms with E-state index in [1.165, 1.54) is 0 Å². The second-order valence-corrected chi connectivity index (χ2v) is 9.24. The van der Waals surface area contributed by atoms with Gasteiger partial charge in [-0.25, -0.2) is 4.98 Å². The van der Waals surface area contributed by atoms with E-state index in [1.54, 1.807) is 19.1 Å². The van der Waals surface area contributed by atoms with Gasteiger partial charge in [-0.2, -0.15) is 0 Å². The number of carbonyl (C=O) groups excluding carboxylic acids is 3. The Labute approximate surface area is 184 Å². The van der Waals surface area contributed by atoms with E-state index in [0.717, 1.165) is 34.3 Å². The van der Waals surface area contributed by atoms with Crippen molar-refractivity contribution in [3.05, 3.63) is 77.2 Å². The van der Waals surface area contributed by atoms with Crippen LogP contribution in [0.15, 0.2) is 59.0 Å². The highest BCUT2D eigenvalue weighted by Crippen LogP contribution is 2.34. The molecule has 1 aromatic heterocycles. The van der Waals surface area contributed by atoms with Crippen LogP contribution in [0.3, 0.4) is 0 Å². The highest BCUT2D eigenvalue weighted by atomic mass is 32.2. The largest absolute Gasteiger partial charge is 0.441 e. The van der Waals surface area contributed by atoms with Crippen molar-refractivity contribution in [1.82, 2.24) is 10.3 Å². The van der Waals surface area contributed by atoms with Gasteiger partial charge in [-0.1, -0.05) is 42.5 Å². The van der Waals surface area contributed by atoms with E-state index in [2.05, 4.69) is 10.3 Å². The second-order valence-electron chi connectivity index (χ2n) is 7.76. The summed E-state index contributed by atoms with van der Waals surface area (Å²) in [6.45, 7) is 3.61. The molecule has 0 unspecified atom stereocenters. The second kappa shape index (κ2) is 8.51. The molecule has 2 aromatic carbocycles. The Hall–Kier alpha value is -3.19. The molecule has 0 radical (unpaired) electrons. The van der Waals surface area contributed by atoms with Gasteiger partial charge in [0.25, 0.3) is 5.24 Å². The quantitative estimate of drug-likeness (QED) is 0.540. The third-order valence-electron chi connectivity index (χ3n) is 5.33. The van der Waals surface area contributed by atoms with E-state index in [0.29, 0.717) is 30.7 Å². The Morgan fingerprint density at radius 3 is 2.45 bits per heavy atom. The number of imide groups is 1. The minimum Gasteiger partial charge on any atom is -0.441 e. The van der Waals surface area contributed by atoms with Crippen LogP contribution >= 0.6 is 11.8 Å². The lowest BCUT2D eigenvalue weighted by molar-refractivity contribution is -0.121. The summed E-state index contributed by atoms with van der Waals surface area (Å²) in [4.78, 5) is 40.7. The maximum atomic E-state index is 12.6. The first kappa shape index (κ1) is 21.1. The van der Waals surface area contributed by atoms with Crippen LogP contribution in [-0.4, -0.2) is 26.7 Å². The summed E-state index contributed by atoms with van der Waals surface area (Å²) in [5, 5.41) is 2.00. The van der Waals surface area contributed by atoms with Gasteiger partial charge in [0.05, 0.1) is 5.69 Å². The molecule has 3 aromatic rings. The number of nitrogens with one attached hydrogen (secondary N) is 1. The summed E-state index contributed by atoms with van der Waals surface area (Å²) in [6.07, 6.45) is 1.25. The molecule has 1 atom stereocenters. The number of amides is 2. The lowest BCUT2D eigenvalue weighted by Crippen LogP contribution is -2.35. The summed E-state index contributed by atoms with van der Waals surface area (Å²) >= 11 is 1.01. The van der Waals surface area contributed by atoms with Crippen LogP contribution in [0, 0.1) is 6.92 Å². The SMILES string of the molecule is Cc1oc(-c2ccccc2)nc1CCC(=O)c1ccc(C[C@]2(C)SC(=O)NC2=O)cc1. The molecular formula is C24H22N2O4S. The summed E-state index contributed by atoms with van der Waals surface area (Å²) < 4.78 is 4.95. The molecule has 6 nitrogen and oxygen atoms in total. The number of nitrogens with zero attached hydrogens (tertiary/aromatic N) is 1. The number of aryl methyl sites for hydroxylation is 2. The number of aromatic nitrogens is 1. The lowest BCUT2D eigenvalue weighted by Gasteiger charge is -2.18. The molecule has 0 aliphatic carbocycles. The molecule has 1 aliphatic heterocycles. The molecule has 2 amide bonds. The molecule has 31 heavy (non-hydrogen) atoms. The fourth-order valence-electron chi connectivity index (χ4n) is 3.56. The molecule has 0 spiro atoms. The molecule has 0 bridgehead atoms. The number of oxazole rings is 1. The third kappa shape index (κ3) is 4.61. The normalized spacial score (nSPS) is 18.3. The van der Waals surface area contributed by atoms with Crippen molar-refractivity contribution in [2.24, 2.45) is 0 Å². The first-order chi connectivity index (χ1) is 14.8. The van der Waals surface area contributed by atoms with Gasteiger partial charge in [0.1, 0.15) is 10.5 Å². The average Bonchev–Trinajstić information content (AvgIpc) is 3.25. The van der Waals surface area contributed by atoms with Gasteiger partial charge >= 0.3 is 0 Å². The van der Waals surface area contributed by atoms with E-state index in [9.17, 15) is 14.4 Å². The van der Waals surface area contributed by atoms with Gasteiger partial charge in [0.2, 0.25) is 11.8 Å². The summed E-state index contributed by atoms with van der Waals surface area (Å²) in [6, 6.07) is 16.9. The number of rotatable bonds is 7. The maximum absolute atomic E-state index is 12.6. The van der Waals surface area contributed by atoms with Crippen molar-refractivity contribution in [3.63, 3.8) is 0 Å². The van der Waals surface area contributed by atoms with Gasteiger partial charge in [0.15, 0.2) is 5.78 Å². The predicted octanol–water partition coefficient (Wildman–Crippen LogP) is 4.75. The smallest absolute Gasteiger partial charge is 0.286 e. The van der Waals surface area contributed by atoms with E-state index in [-0.39, 0.29) is 16.9 Å². The number of ketones is 1. The van der Waals surface area contributed by atoms with Crippen molar-refractivity contribution in [1.29, 1.82) is 0 Å². The van der Waals surface area contributed by atoms with E-state index >= 15 is 0 Å². The average molecular weight is 435 g/mol. The zero-order valence-corrected chi connectivity index (χ0v) is 18.1. The highest BCUT2D eigenvalue weighted by Gasteiger charge is 2.43. The fourth-order valence-corrected chi connectivity index (χ4v) is 4.49. The summed E-state index contributed by atoms with van der Waals surface area (Å²) in [5.74, 6) is 1.02. The number of Topliss-reactive ketones (excluding diaryl/α,β-unsaturated/α-hetero) is 1. The zero-order chi connectivity index (χ0) is 22.0. The molecule has 158 valence electrons. The maximum Gasteiger partial charge on any atom is 0.286 e. The Balaban J connectivity index is 1.38. The van der Waals surface area contributed by atoms with Crippen molar-refractivity contribution in [2.75, 3.05) is 0 Å². The molecular weight excluding hydrogens is 412 g/mol. The van der Waals surface area contributed by atoms with Crippen molar-refractivity contribution in [2.45, 2.75) is 37.9 Å². The first-order valence-electron chi connectivity index (χ1n) is 10.0. The summed E-state index contributed by atoms with van der Waals surface area (Å²) in [7, 11) is 0. The molecule has 1 fully saturated rings. The minimum atomic E-state index is -0.816. The number of hydrogen-bond acceptors (Lipinski definition) is 6. The van der Waals surface area contributed by atoms with E-state index in [4.69, 9.17) is 4.42 Å². The van der Waals surface area contributed by atoms with Gasteiger partial charge < -0.3 is 4.42 Å². The van der Waals surface area contributed by atoms with Crippen LogP contribution in [0.2, 0.25) is 0 Å². The fraction of sp³-hybridized carbons (Fsp3) is 0.250. The van der Waals surface area contributed by atoms with Gasteiger partial charge in [-0.05, 0) is 49.7 Å². The minimum absolute atomic E-state index is 0.0181. The summed E-state index contributed by atoms with van der Waals surface area (Å²) in [5.41, 5.74) is 3.20. The van der Waals surface area contributed by atoms with Crippen LogP contribution in [0.25, 0.3) is 11.5 Å². The number of benzene rings is 2. The van der Waals surface area contributed by atoms with Gasteiger partial charge in [-0.3, -0.25) is 19.7 Å². The Kier molecular flexibility index (Phi) is 5.78. The molecule has 1 saturated heterocycles. The Morgan fingerprint density at radius 1 is 1.10 bits per heavy atom. The van der Waals surface area contributed by atoms with Gasteiger partial charge in [0, 0.05) is 24.0 Å². The van der Waals surface area contributed by atoms with Gasteiger partial charge in [-0.15, -0.1) is 0 Å². The van der Waals surface area contributed by atoms with Crippen molar-refractivity contribution >= 4 is 28.7 Å². The monoisotopic (exact) mass is 434 g/mol. The van der Waals surface area contributed by atoms with E-state index < -0.39 is 4.75 Å². The van der Waals surface area contributed by atoms with Crippen LogP contribution in [0.4, 0.5) is 4.79 Å². The molecule has 0 saturated carbocycles. The van der Waals surface area contributed by atoms with Crippen LogP contribution < -0.4 is 5.32 Å².